The molecule has 0 aromatic carbocycles. The van der Waals surface area contributed by atoms with Crippen LogP contribution < -0.4 is 0 Å². The predicted molar refractivity (Wildman–Crippen MR) is 43.3 cm³/mol. The van der Waals surface area contributed by atoms with Gasteiger partial charge in [-0.3, -0.25) is 0 Å². The summed E-state index contributed by atoms with van der Waals surface area (Å²) >= 11 is 5.83. The minimum Gasteiger partial charge on any atom is -0.176 e. The molecule has 8 heavy (non-hydrogen) atoms. The Balaban J connectivity index is 3.71. The lowest BCUT2D eigenvalue weighted by molar-refractivity contribution is 0.478. The monoisotopic (exact) mass is 150 g/mol. The van der Waals surface area contributed by atoms with Gasteiger partial charge in [0.15, 0.2) is 0 Å². The quantitative estimate of drug-likeness (QED) is 0.418. The van der Waals surface area contributed by atoms with Gasteiger partial charge in [0.25, 0.3) is 0 Å². The fourth-order valence-electron chi connectivity index (χ4n) is 0.154. The second-order valence-corrected chi connectivity index (χ2v) is 6.17. The molecule has 0 nitrogen and oxygen atoms in total. The Labute approximate surface area is 59.1 Å². The van der Waals surface area contributed by atoms with Crippen molar-refractivity contribution in [1.29, 1.82) is 0 Å². The normalized spacial score (nSPS) is 14.2. The molecule has 0 unspecified atom stereocenters. The first kappa shape index (κ1) is 8.51. The molecule has 0 heterocycles. The molecule has 0 aliphatic rings. The van der Waals surface area contributed by atoms with Crippen molar-refractivity contribution in [3.05, 3.63) is 0 Å². The van der Waals surface area contributed by atoms with Gasteiger partial charge < -0.3 is 0 Å². The molecule has 0 aliphatic carbocycles. The van der Waals surface area contributed by atoms with Crippen molar-refractivity contribution >= 4 is 19.9 Å². The van der Waals surface area contributed by atoms with Gasteiger partial charge in [-0.1, -0.05) is 27.7 Å². The van der Waals surface area contributed by atoms with Crippen LogP contribution in [0.5, 0.6) is 0 Å². The van der Waals surface area contributed by atoms with Crippen molar-refractivity contribution in [3.63, 3.8) is 0 Å². The molecule has 0 saturated carbocycles. The Morgan fingerprint density at radius 3 is 1.75 bits per heavy atom. The number of rotatable bonds is 2. The molecule has 0 rings (SSSR count). The van der Waals surface area contributed by atoms with Crippen LogP contribution in [-0.2, 0) is 0 Å². The Morgan fingerprint density at radius 2 is 1.75 bits per heavy atom. The highest BCUT2D eigenvalue weighted by atomic mass is 35.6. The maximum atomic E-state index is 5.83. The minimum atomic E-state index is -0.333. The first-order chi connectivity index (χ1) is 3.50. The third kappa shape index (κ3) is 2.18. The zero-order chi connectivity index (χ0) is 6.78. The Bertz CT molecular complexity index is 68.9. The van der Waals surface area contributed by atoms with Crippen molar-refractivity contribution in [2.75, 3.05) is 0 Å². The minimum absolute atomic E-state index is 0.333. The van der Waals surface area contributed by atoms with Gasteiger partial charge in [-0.05, 0) is 11.0 Å². The van der Waals surface area contributed by atoms with E-state index in [4.69, 9.17) is 11.1 Å². The molecule has 0 spiro atoms. The van der Waals surface area contributed by atoms with E-state index < -0.39 is 0 Å². The van der Waals surface area contributed by atoms with Gasteiger partial charge in [0, 0.05) is 0 Å². The molecule has 2 heteroatoms. The van der Waals surface area contributed by atoms with Crippen molar-refractivity contribution in [3.8, 4) is 0 Å². The van der Waals surface area contributed by atoms with Crippen LogP contribution in [-0.4, -0.2) is 8.83 Å². The second-order valence-electron chi connectivity index (χ2n) is 3.28. The molecular weight excluding hydrogens is 136 g/mol. The highest BCUT2D eigenvalue weighted by Gasteiger charge is 2.20. The largest absolute Gasteiger partial charge is 0.176 e. The molecule has 0 bridgehead atoms. The van der Waals surface area contributed by atoms with E-state index in [1.807, 2.05) is 0 Å². The van der Waals surface area contributed by atoms with Gasteiger partial charge in [0.2, 0.25) is 0 Å². The van der Waals surface area contributed by atoms with Crippen molar-refractivity contribution in [2.24, 2.45) is 5.92 Å². The summed E-state index contributed by atoms with van der Waals surface area (Å²) in [6.07, 6.45) is 0. The lowest BCUT2D eigenvalue weighted by atomic mass is 9.99. The van der Waals surface area contributed by atoms with Gasteiger partial charge in [0.05, 0.1) is 0 Å². The zero-order valence-corrected chi connectivity index (χ0v) is 8.33. The molecule has 0 atom stereocenters. The summed E-state index contributed by atoms with van der Waals surface area (Å²) in [6.45, 7) is 8.96. The van der Waals surface area contributed by atoms with Crippen LogP contribution in [0.2, 0.25) is 5.04 Å². The molecule has 0 N–H and O–H groups in total. The molecule has 0 saturated heterocycles. The smallest absolute Gasteiger partial charge is 0.131 e. The number of hydrogen-bond acceptors (Lipinski definition) is 0. The molecule has 0 fully saturated rings. The second kappa shape index (κ2) is 2.88. The van der Waals surface area contributed by atoms with E-state index in [0.29, 0.717) is 5.04 Å². The van der Waals surface area contributed by atoms with Crippen LogP contribution in [0.3, 0.4) is 0 Å². The summed E-state index contributed by atoms with van der Waals surface area (Å²) in [6, 6.07) is 0. The fraction of sp³-hybridized carbons (Fsp3) is 1.00. The van der Waals surface area contributed by atoms with Crippen LogP contribution in [0.15, 0.2) is 0 Å². The summed E-state index contributed by atoms with van der Waals surface area (Å²) in [4.78, 5) is 0. The van der Waals surface area contributed by atoms with Crippen LogP contribution in [0.25, 0.3) is 0 Å². The lowest BCUT2D eigenvalue weighted by Crippen LogP contribution is -2.15. The Morgan fingerprint density at radius 1 is 1.38 bits per heavy atom. The average Bonchev–Trinajstić information content (AvgIpc) is 1.67. The van der Waals surface area contributed by atoms with E-state index in [-0.39, 0.29) is 8.83 Å². The summed E-state index contributed by atoms with van der Waals surface area (Å²) < 4.78 is 0. The lowest BCUT2D eigenvalue weighted by Gasteiger charge is -2.25. The maximum Gasteiger partial charge on any atom is 0.131 e. The SMILES string of the molecule is CC(C)C(C)(C)[SiH2]Cl. The van der Waals surface area contributed by atoms with E-state index in [9.17, 15) is 0 Å². The molecule has 0 aromatic rings. The topological polar surface area (TPSA) is 0 Å². The van der Waals surface area contributed by atoms with E-state index in [0.717, 1.165) is 5.92 Å². The third-order valence-electron chi connectivity index (χ3n) is 1.91. The van der Waals surface area contributed by atoms with Crippen molar-refractivity contribution < 1.29 is 0 Å². The van der Waals surface area contributed by atoms with E-state index in [2.05, 4.69) is 27.7 Å². The van der Waals surface area contributed by atoms with Crippen LogP contribution >= 0.6 is 11.1 Å². The molecule has 0 radical (unpaired) electrons. The first-order valence-electron chi connectivity index (χ1n) is 3.06. The number of hydrogen-bond donors (Lipinski definition) is 0. The molecule has 0 aliphatic heterocycles. The Kier molecular flexibility index (Phi) is 3.06. The first-order valence-corrected chi connectivity index (χ1v) is 5.91. The van der Waals surface area contributed by atoms with Crippen molar-refractivity contribution in [1.82, 2.24) is 0 Å². The third-order valence-corrected chi connectivity index (χ3v) is 5.48. The van der Waals surface area contributed by atoms with Gasteiger partial charge >= 0.3 is 0 Å². The summed E-state index contributed by atoms with van der Waals surface area (Å²) in [5.74, 6) is 0.742. The van der Waals surface area contributed by atoms with E-state index >= 15 is 0 Å². The van der Waals surface area contributed by atoms with Crippen LogP contribution in [0.1, 0.15) is 27.7 Å². The van der Waals surface area contributed by atoms with E-state index in [1.54, 1.807) is 0 Å². The van der Waals surface area contributed by atoms with Crippen LogP contribution in [0.4, 0.5) is 0 Å². The highest BCUT2D eigenvalue weighted by molar-refractivity contribution is 6.95. The molecule has 0 amide bonds. The molecule has 0 aromatic heterocycles. The van der Waals surface area contributed by atoms with Gasteiger partial charge in [0.1, 0.15) is 8.83 Å². The van der Waals surface area contributed by atoms with Gasteiger partial charge in [-0.15, -0.1) is 0 Å². The van der Waals surface area contributed by atoms with Gasteiger partial charge in [-0.25, -0.2) is 0 Å². The fourth-order valence-corrected chi connectivity index (χ4v) is 1.39. The highest BCUT2D eigenvalue weighted by Crippen LogP contribution is 2.33. The molecule has 50 valence electrons. The van der Waals surface area contributed by atoms with Crippen LogP contribution in [0, 0.1) is 5.92 Å². The average molecular weight is 151 g/mol. The summed E-state index contributed by atoms with van der Waals surface area (Å²) in [5, 5.41) is 0.446. The summed E-state index contributed by atoms with van der Waals surface area (Å²) in [7, 11) is -0.333. The standard InChI is InChI=1S/C6H15ClSi/c1-5(2)6(3,4)8-7/h5H,8H2,1-4H3. The maximum absolute atomic E-state index is 5.83. The van der Waals surface area contributed by atoms with Crippen molar-refractivity contribution in [2.45, 2.75) is 32.7 Å². The zero-order valence-electron chi connectivity index (χ0n) is 6.16. The van der Waals surface area contributed by atoms with E-state index in [1.165, 1.54) is 0 Å². The predicted octanol–water partition coefficient (Wildman–Crippen LogP) is 2.16. The Hall–Kier alpha value is 0.507. The summed E-state index contributed by atoms with van der Waals surface area (Å²) in [5.41, 5.74) is 0. The van der Waals surface area contributed by atoms with Gasteiger partial charge in [-0.2, -0.15) is 11.1 Å². The molecular formula is C6H15ClSi. The number of halogens is 1.